The number of carbonyl (C=O) groups is 1. The Bertz CT molecular complexity index is 431. The first kappa shape index (κ1) is 19.7. The molecule has 0 heterocycles. The van der Waals surface area contributed by atoms with Crippen LogP contribution in [0.25, 0.3) is 0 Å². The average Bonchev–Trinajstić information content (AvgIpc) is 2.49. The molecule has 1 unspecified atom stereocenters. The molecule has 0 spiro atoms. The molecule has 0 aliphatic heterocycles. The van der Waals surface area contributed by atoms with Crippen LogP contribution in [-0.2, 0) is 9.79 Å². The molecule has 0 radical (unpaired) electrons. The van der Waals surface area contributed by atoms with Crippen LogP contribution >= 0.6 is 11.6 Å². The van der Waals surface area contributed by atoms with Crippen molar-refractivity contribution < 1.29 is 9.90 Å². The molecule has 1 N–H and O–H groups in total. The fourth-order valence-corrected chi connectivity index (χ4v) is 2.39. The quantitative estimate of drug-likeness (QED) is 0.478. The van der Waals surface area contributed by atoms with Gasteiger partial charge in [0.15, 0.2) is 0 Å². The molecule has 1 atom stereocenters. The Morgan fingerprint density at radius 1 is 1.24 bits per heavy atom. The van der Waals surface area contributed by atoms with E-state index in [-0.39, 0.29) is 10.6 Å². The minimum absolute atomic E-state index is 0.176. The molecule has 0 amide bonds. The van der Waals surface area contributed by atoms with Crippen LogP contribution in [0.15, 0.2) is 42.5 Å². The highest BCUT2D eigenvalue weighted by Crippen LogP contribution is 2.35. The fraction of sp³-hybridized carbons (Fsp3) is 0.471. The van der Waals surface area contributed by atoms with Gasteiger partial charge in [-0.3, -0.25) is 4.90 Å². The molecule has 0 aliphatic rings. The summed E-state index contributed by atoms with van der Waals surface area (Å²) in [5, 5.41) is 7.89. The van der Waals surface area contributed by atoms with Crippen LogP contribution in [0, 0.1) is 0 Å². The summed E-state index contributed by atoms with van der Waals surface area (Å²) in [6.07, 6.45) is 0.917. The van der Waals surface area contributed by atoms with E-state index in [9.17, 15) is 4.79 Å². The predicted molar refractivity (Wildman–Crippen MR) is 89.6 cm³/mol. The Hall–Kier alpha value is -1.32. The third kappa shape index (κ3) is 5.90. The zero-order valence-corrected chi connectivity index (χ0v) is 14.2. The highest BCUT2D eigenvalue weighted by molar-refractivity contribution is 6.23. The molecule has 0 aliphatic carbocycles. The summed E-state index contributed by atoms with van der Waals surface area (Å²) in [5.41, 5.74) is 1.37. The van der Waals surface area contributed by atoms with Crippen LogP contribution in [0.1, 0.15) is 39.7 Å². The molecule has 3 nitrogen and oxygen atoms in total. The number of carboxylic acid groups (broad SMARTS) is 1. The molecule has 1 rings (SSSR count). The maximum Gasteiger partial charge on any atom is 0.330 e. The van der Waals surface area contributed by atoms with Crippen LogP contribution in [0.2, 0.25) is 0 Å². The maximum absolute atomic E-state index is 9.60. The molecular weight excluding hydrogens is 286 g/mol. The molecule has 21 heavy (non-hydrogen) atoms. The van der Waals surface area contributed by atoms with Crippen LogP contribution in [0.5, 0.6) is 0 Å². The number of benzene rings is 1. The number of hydrogen-bond acceptors (Lipinski definition) is 2. The first-order chi connectivity index (χ1) is 9.83. The van der Waals surface area contributed by atoms with E-state index < -0.39 is 5.97 Å². The monoisotopic (exact) mass is 311 g/mol. The Labute approximate surface area is 133 Å². The summed E-state index contributed by atoms with van der Waals surface area (Å²) >= 11 is 6.74. The average molecular weight is 312 g/mol. The first-order valence-electron chi connectivity index (χ1n) is 7.21. The van der Waals surface area contributed by atoms with Gasteiger partial charge in [0.2, 0.25) is 0 Å². The minimum Gasteiger partial charge on any atom is -0.478 e. The van der Waals surface area contributed by atoms with Crippen molar-refractivity contribution in [3.63, 3.8) is 0 Å². The Morgan fingerprint density at radius 3 is 1.95 bits per heavy atom. The minimum atomic E-state index is -0.935. The SMILES string of the molecule is C=C(C)C(=O)O.CCN(CC)C(Cl)(CC)c1ccccc1. The topological polar surface area (TPSA) is 40.5 Å². The van der Waals surface area contributed by atoms with Crippen molar-refractivity contribution in [1.29, 1.82) is 0 Å². The summed E-state index contributed by atoms with van der Waals surface area (Å²) in [6, 6.07) is 10.3. The number of hydrogen-bond donors (Lipinski definition) is 1. The third-order valence-electron chi connectivity index (χ3n) is 3.31. The summed E-state index contributed by atoms with van der Waals surface area (Å²) in [6.45, 7) is 13.0. The lowest BCUT2D eigenvalue weighted by atomic mass is 10.0. The summed E-state index contributed by atoms with van der Waals surface area (Å²) < 4.78 is 0. The smallest absolute Gasteiger partial charge is 0.330 e. The van der Waals surface area contributed by atoms with Crippen LogP contribution < -0.4 is 0 Å². The number of halogens is 1. The molecular formula is C17H26ClNO2. The molecule has 0 fully saturated rings. The maximum atomic E-state index is 9.60. The van der Waals surface area contributed by atoms with Gasteiger partial charge in [0.05, 0.1) is 0 Å². The van der Waals surface area contributed by atoms with E-state index in [2.05, 4.69) is 44.4 Å². The Kier molecular flexibility index (Phi) is 8.98. The van der Waals surface area contributed by atoms with Crippen LogP contribution in [-0.4, -0.2) is 29.1 Å². The molecule has 1 aromatic carbocycles. The number of alkyl halides is 1. The number of carboxylic acids is 1. The third-order valence-corrected chi connectivity index (χ3v) is 4.04. The van der Waals surface area contributed by atoms with Crippen molar-refractivity contribution in [1.82, 2.24) is 4.90 Å². The zero-order chi connectivity index (χ0) is 16.5. The van der Waals surface area contributed by atoms with Crippen LogP contribution in [0.4, 0.5) is 0 Å². The summed E-state index contributed by atoms with van der Waals surface area (Å²) in [4.78, 5) is 11.6. The standard InChI is InChI=1S/C13H20ClN.C4H6O2/c1-4-13(14,15(5-2)6-3)12-10-8-7-9-11-12;1-3(2)4(5)6/h7-11H,4-6H2,1-3H3;1H2,2H3,(H,5,6). The largest absolute Gasteiger partial charge is 0.478 e. The second-order valence-electron chi connectivity index (χ2n) is 4.74. The van der Waals surface area contributed by atoms with Gasteiger partial charge in [-0.25, -0.2) is 4.79 Å². The second-order valence-corrected chi connectivity index (χ2v) is 5.36. The zero-order valence-electron chi connectivity index (χ0n) is 13.4. The number of nitrogens with zero attached hydrogens (tertiary/aromatic N) is 1. The lowest BCUT2D eigenvalue weighted by molar-refractivity contribution is -0.132. The number of aliphatic carboxylic acids is 1. The van der Waals surface area contributed by atoms with Crippen molar-refractivity contribution >= 4 is 17.6 Å². The normalized spacial score (nSPS) is 13.0. The summed E-state index contributed by atoms with van der Waals surface area (Å²) in [7, 11) is 0. The molecule has 0 saturated carbocycles. The van der Waals surface area contributed by atoms with Gasteiger partial charge < -0.3 is 5.11 Å². The van der Waals surface area contributed by atoms with E-state index in [4.69, 9.17) is 16.7 Å². The van der Waals surface area contributed by atoms with E-state index in [0.717, 1.165) is 19.5 Å². The highest BCUT2D eigenvalue weighted by Gasteiger charge is 2.32. The van der Waals surface area contributed by atoms with E-state index in [1.807, 2.05) is 18.2 Å². The molecule has 0 saturated heterocycles. The number of rotatable bonds is 6. The summed E-state index contributed by atoms with van der Waals surface area (Å²) in [5.74, 6) is -0.935. The van der Waals surface area contributed by atoms with Gasteiger partial charge in [-0.15, -0.1) is 0 Å². The first-order valence-corrected chi connectivity index (χ1v) is 7.59. The van der Waals surface area contributed by atoms with Gasteiger partial charge in [-0.05, 0) is 32.0 Å². The predicted octanol–water partition coefficient (Wildman–Crippen LogP) is 4.48. The van der Waals surface area contributed by atoms with E-state index in [1.54, 1.807) is 0 Å². The van der Waals surface area contributed by atoms with Crippen molar-refractivity contribution in [3.8, 4) is 0 Å². The van der Waals surface area contributed by atoms with Gasteiger partial charge >= 0.3 is 5.97 Å². The van der Waals surface area contributed by atoms with Crippen molar-refractivity contribution in [2.24, 2.45) is 0 Å². The second kappa shape index (κ2) is 9.59. The van der Waals surface area contributed by atoms with Gasteiger partial charge in [0.1, 0.15) is 5.00 Å². The molecule has 1 aromatic rings. The molecule has 0 bridgehead atoms. The molecule has 118 valence electrons. The van der Waals surface area contributed by atoms with E-state index in [0.29, 0.717) is 0 Å². The van der Waals surface area contributed by atoms with Crippen molar-refractivity contribution in [2.45, 2.75) is 39.1 Å². The van der Waals surface area contributed by atoms with Crippen molar-refractivity contribution in [3.05, 3.63) is 48.0 Å². The van der Waals surface area contributed by atoms with Crippen molar-refractivity contribution in [2.75, 3.05) is 13.1 Å². The Morgan fingerprint density at radius 2 is 1.67 bits per heavy atom. The van der Waals surface area contributed by atoms with Crippen LogP contribution in [0.3, 0.4) is 0 Å². The van der Waals surface area contributed by atoms with Gasteiger partial charge in [0.25, 0.3) is 0 Å². The fourth-order valence-electron chi connectivity index (χ4n) is 2.03. The van der Waals surface area contributed by atoms with Gasteiger partial charge in [-0.2, -0.15) is 0 Å². The molecule has 0 aromatic heterocycles. The van der Waals surface area contributed by atoms with E-state index in [1.165, 1.54) is 12.5 Å². The lowest BCUT2D eigenvalue weighted by Gasteiger charge is -2.37. The van der Waals surface area contributed by atoms with Gasteiger partial charge in [0, 0.05) is 5.57 Å². The molecule has 4 heteroatoms. The van der Waals surface area contributed by atoms with E-state index >= 15 is 0 Å². The highest BCUT2D eigenvalue weighted by atomic mass is 35.5. The van der Waals surface area contributed by atoms with Gasteiger partial charge in [-0.1, -0.05) is 69.3 Å². The Balaban J connectivity index is 0.000000567. The lowest BCUT2D eigenvalue weighted by Crippen LogP contribution is -2.41.